The van der Waals surface area contributed by atoms with Crippen LogP contribution in [0.1, 0.15) is 58.8 Å². The largest absolute Gasteiger partial charge is 0.303 e. The van der Waals surface area contributed by atoms with E-state index in [1.165, 1.54) is 51.7 Å². The van der Waals surface area contributed by atoms with Crippen LogP contribution in [0, 0.1) is 16.7 Å². The van der Waals surface area contributed by atoms with Crippen LogP contribution in [0.15, 0.2) is 0 Å². The highest BCUT2D eigenvalue weighted by molar-refractivity contribution is 4.98. The first-order valence-electron chi connectivity index (χ1n) is 7.36. The first-order valence-corrected chi connectivity index (χ1v) is 7.36. The molecule has 1 nitrogen and oxygen atoms in total. The molecule has 0 amide bonds. The molecule has 0 atom stereocenters. The van der Waals surface area contributed by atoms with Crippen molar-refractivity contribution in [3.05, 3.63) is 0 Å². The minimum Gasteiger partial charge on any atom is -0.303 e. The summed E-state index contributed by atoms with van der Waals surface area (Å²) in [5.41, 5.74) is 1.53. The predicted octanol–water partition coefficient (Wildman–Crippen LogP) is 3.69. The third-order valence-corrected chi connectivity index (χ3v) is 5.65. The normalized spacial score (nSPS) is 32.6. The second-order valence-electron chi connectivity index (χ2n) is 7.27. The van der Waals surface area contributed by atoms with Crippen molar-refractivity contribution >= 4 is 0 Å². The van der Waals surface area contributed by atoms with Gasteiger partial charge in [-0.1, -0.05) is 20.3 Å². The second-order valence-corrected chi connectivity index (χ2v) is 7.27. The lowest BCUT2D eigenvalue weighted by Crippen LogP contribution is -2.47. The standard InChI is InChI=1S/C15H27N/c1-3-13-10-15(11-13)6-8-16(9-7-15)12-14(2)4-5-14/h13H,3-12H2,1-2H3. The number of hydrogen-bond donors (Lipinski definition) is 0. The van der Waals surface area contributed by atoms with Crippen LogP contribution >= 0.6 is 0 Å². The van der Waals surface area contributed by atoms with Crippen molar-refractivity contribution in [2.75, 3.05) is 19.6 Å². The zero-order valence-electron chi connectivity index (χ0n) is 11.1. The molecule has 1 spiro atoms. The summed E-state index contributed by atoms with van der Waals surface area (Å²) in [7, 11) is 0. The van der Waals surface area contributed by atoms with Gasteiger partial charge < -0.3 is 4.90 Å². The quantitative estimate of drug-likeness (QED) is 0.702. The predicted molar refractivity (Wildman–Crippen MR) is 68.5 cm³/mol. The van der Waals surface area contributed by atoms with Crippen molar-refractivity contribution in [2.45, 2.75) is 58.8 Å². The van der Waals surface area contributed by atoms with E-state index in [-0.39, 0.29) is 0 Å². The molecule has 3 fully saturated rings. The van der Waals surface area contributed by atoms with Crippen LogP contribution in [-0.4, -0.2) is 24.5 Å². The molecule has 2 aliphatic carbocycles. The molecule has 0 aromatic carbocycles. The van der Waals surface area contributed by atoms with Crippen LogP contribution in [0.25, 0.3) is 0 Å². The Bertz CT molecular complexity index is 251. The van der Waals surface area contributed by atoms with Gasteiger partial charge in [0.2, 0.25) is 0 Å². The number of nitrogens with zero attached hydrogens (tertiary/aromatic N) is 1. The van der Waals surface area contributed by atoms with E-state index in [4.69, 9.17) is 0 Å². The maximum atomic E-state index is 2.75. The van der Waals surface area contributed by atoms with Crippen LogP contribution in [0.5, 0.6) is 0 Å². The molecular formula is C15H27N. The third kappa shape index (κ3) is 2.03. The molecule has 16 heavy (non-hydrogen) atoms. The van der Waals surface area contributed by atoms with Crippen molar-refractivity contribution in [3.63, 3.8) is 0 Å². The molecule has 0 bridgehead atoms. The van der Waals surface area contributed by atoms with E-state index in [1.807, 2.05) is 0 Å². The van der Waals surface area contributed by atoms with Crippen molar-refractivity contribution in [2.24, 2.45) is 16.7 Å². The average molecular weight is 221 g/mol. The molecular weight excluding hydrogens is 194 g/mol. The topological polar surface area (TPSA) is 3.24 Å². The first kappa shape index (κ1) is 11.1. The SMILES string of the molecule is CCC1CC2(CCN(CC3(C)CC3)CC2)C1. The van der Waals surface area contributed by atoms with Crippen LogP contribution < -0.4 is 0 Å². The number of hydrogen-bond acceptors (Lipinski definition) is 1. The van der Waals surface area contributed by atoms with Crippen LogP contribution in [0.2, 0.25) is 0 Å². The third-order valence-electron chi connectivity index (χ3n) is 5.65. The van der Waals surface area contributed by atoms with Gasteiger partial charge in [-0.05, 0) is 68.4 Å². The summed E-state index contributed by atoms with van der Waals surface area (Å²) in [6.45, 7) is 9.01. The van der Waals surface area contributed by atoms with Crippen LogP contribution in [0.4, 0.5) is 0 Å². The minimum absolute atomic E-state index is 0.718. The van der Waals surface area contributed by atoms with E-state index in [0.29, 0.717) is 0 Å². The van der Waals surface area contributed by atoms with Crippen molar-refractivity contribution in [1.29, 1.82) is 0 Å². The van der Waals surface area contributed by atoms with Gasteiger partial charge in [0.15, 0.2) is 0 Å². The Morgan fingerprint density at radius 1 is 1.06 bits per heavy atom. The van der Waals surface area contributed by atoms with Crippen molar-refractivity contribution in [3.8, 4) is 0 Å². The van der Waals surface area contributed by atoms with Gasteiger partial charge in [-0.15, -0.1) is 0 Å². The Hall–Kier alpha value is -0.0400. The minimum atomic E-state index is 0.718. The zero-order valence-corrected chi connectivity index (χ0v) is 11.1. The maximum Gasteiger partial charge on any atom is 0.00353 e. The van der Waals surface area contributed by atoms with E-state index in [0.717, 1.165) is 16.7 Å². The lowest BCUT2D eigenvalue weighted by Gasteiger charge is -2.52. The molecule has 0 radical (unpaired) electrons. The molecule has 1 heteroatoms. The molecule has 1 saturated heterocycles. The van der Waals surface area contributed by atoms with Gasteiger partial charge in [-0.25, -0.2) is 0 Å². The fraction of sp³-hybridized carbons (Fsp3) is 1.00. The number of piperidine rings is 1. The molecule has 3 rings (SSSR count). The number of rotatable bonds is 3. The highest BCUT2D eigenvalue weighted by Gasteiger charge is 2.46. The highest BCUT2D eigenvalue weighted by atomic mass is 15.1. The molecule has 0 aromatic rings. The summed E-state index contributed by atoms with van der Waals surface area (Å²) in [4.78, 5) is 2.75. The van der Waals surface area contributed by atoms with Crippen molar-refractivity contribution in [1.82, 2.24) is 4.90 Å². The monoisotopic (exact) mass is 221 g/mol. The Labute approximate surface area is 101 Å². The summed E-state index contributed by atoms with van der Waals surface area (Å²) >= 11 is 0. The van der Waals surface area contributed by atoms with E-state index in [1.54, 1.807) is 12.8 Å². The summed E-state index contributed by atoms with van der Waals surface area (Å²) in [5, 5.41) is 0. The molecule has 0 aromatic heterocycles. The average Bonchev–Trinajstić information content (AvgIpc) is 2.94. The highest BCUT2D eigenvalue weighted by Crippen LogP contribution is 2.54. The van der Waals surface area contributed by atoms with E-state index >= 15 is 0 Å². The van der Waals surface area contributed by atoms with Gasteiger partial charge in [0.25, 0.3) is 0 Å². The smallest absolute Gasteiger partial charge is 0.00353 e. The van der Waals surface area contributed by atoms with Gasteiger partial charge in [0, 0.05) is 6.54 Å². The fourth-order valence-electron chi connectivity index (χ4n) is 3.96. The Kier molecular flexibility index (Phi) is 2.58. The Balaban J connectivity index is 1.46. The van der Waals surface area contributed by atoms with Gasteiger partial charge in [0.05, 0.1) is 0 Å². The lowest BCUT2D eigenvalue weighted by molar-refractivity contribution is -0.0180. The van der Waals surface area contributed by atoms with Crippen LogP contribution in [-0.2, 0) is 0 Å². The van der Waals surface area contributed by atoms with E-state index in [2.05, 4.69) is 18.7 Å². The summed E-state index contributed by atoms with van der Waals surface area (Å²) in [6, 6.07) is 0. The summed E-state index contributed by atoms with van der Waals surface area (Å²) < 4.78 is 0. The van der Waals surface area contributed by atoms with Crippen LogP contribution in [0.3, 0.4) is 0 Å². The van der Waals surface area contributed by atoms with Gasteiger partial charge in [0.1, 0.15) is 0 Å². The van der Waals surface area contributed by atoms with Gasteiger partial charge >= 0.3 is 0 Å². The van der Waals surface area contributed by atoms with Gasteiger partial charge in [-0.2, -0.15) is 0 Å². The van der Waals surface area contributed by atoms with E-state index < -0.39 is 0 Å². The summed E-state index contributed by atoms with van der Waals surface area (Å²) in [6.07, 6.45) is 10.5. The van der Waals surface area contributed by atoms with E-state index in [9.17, 15) is 0 Å². The second kappa shape index (κ2) is 3.73. The molecule has 0 N–H and O–H groups in total. The molecule has 3 aliphatic rings. The van der Waals surface area contributed by atoms with Gasteiger partial charge in [-0.3, -0.25) is 0 Å². The molecule has 92 valence electrons. The summed E-state index contributed by atoms with van der Waals surface area (Å²) in [5.74, 6) is 1.08. The fourth-order valence-corrected chi connectivity index (χ4v) is 3.96. The Morgan fingerprint density at radius 2 is 1.69 bits per heavy atom. The molecule has 1 heterocycles. The zero-order chi connectivity index (χ0) is 11.2. The Morgan fingerprint density at radius 3 is 2.19 bits per heavy atom. The number of likely N-dealkylation sites (tertiary alicyclic amines) is 1. The maximum absolute atomic E-state index is 2.75. The molecule has 1 aliphatic heterocycles. The molecule has 0 unspecified atom stereocenters. The lowest BCUT2D eigenvalue weighted by atomic mass is 9.57. The first-order chi connectivity index (χ1) is 7.63. The van der Waals surface area contributed by atoms with Crippen molar-refractivity contribution < 1.29 is 0 Å². The molecule has 2 saturated carbocycles.